The van der Waals surface area contributed by atoms with Gasteiger partial charge in [0.1, 0.15) is 5.69 Å². The molecule has 2 heterocycles. The van der Waals surface area contributed by atoms with Crippen molar-refractivity contribution in [1.29, 1.82) is 0 Å². The first kappa shape index (κ1) is 7.91. The van der Waals surface area contributed by atoms with Gasteiger partial charge in [-0.2, -0.15) is 0 Å². The molecule has 0 saturated heterocycles. The second kappa shape index (κ2) is 2.65. The zero-order valence-corrected chi connectivity index (χ0v) is 7.46. The van der Waals surface area contributed by atoms with Gasteiger partial charge >= 0.3 is 0 Å². The lowest BCUT2D eigenvalue weighted by Crippen LogP contribution is -1.97. The van der Waals surface area contributed by atoms with Crippen LogP contribution in [0, 0.1) is 6.92 Å². The molecule has 1 N–H and O–H groups in total. The Bertz CT molecular complexity index is 473. The van der Waals surface area contributed by atoms with Crippen molar-refractivity contribution < 1.29 is 4.79 Å². The molecular weight excluding hydrogens is 166 g/mol. The van der Waals surface area contributed by atoms with Crippen molar-refractivity contribution in [1.82, 2.24) is 15.0 Å². The van der Waals surface area contributed by atoms with Crippen LogP contribution < -0.4 is 0 Å². The average Bonchev–Trinajstić information content (AvgIpc) is 2.51. The quantitative estimate of drug-likeness (QED) is 0.667. The fourth-order valence-corrected chi connectivity index (χ4v) is 1.27. The summed E-state index contributed by atoms with van der Waals surface area (Å²) in [6.45, 7) is 3.43. The van der Waals surface area contributed by atoms with Gasteiger partial charge in [-0.1, -0.05) is 0 Å². The molecule has 0 bridgehead atoms. The fourth-order valence-electron chi connectivity index (χ4n) is 1.27. The number of aryl methyl sites for hydroxylation is 1. The highest BCUT2D eigenvalue weighted by Crippen LogP contribution is 2.13. The minimum absolute atomic E-state index is 0.0343. The van der Waals surface area contributed by atoms with Crippen molar-refractivity contribution in [2.24, 2.45) is 0 Å². The standard InChI is InChI=1S/C9H9N3O/c1-5-3-7(6(2)13)12-9-8(5)10-4-11-9/h3-4H,1-2H3,(H,10,11,12). The van der Waals surface area contributed by atoms with Crippen LogP contribution in [0.25, 0.3) is 11.2 Å². The molecule has 0 saturated carbocycles. The Kier molecular flexibility index (Phi) is 1.62. The number of hydrogen-bond acceptors (Lipinski definition) is 3. The van der Waals surface area contributed by atoms with Crippen LogP contribution in [-0.2, 0) is 0 Å². The summed E-state index contributed by atoms with van der Waals surface area (Å²) in [5.74, 6) is -0.0343. The van der Waals surface area contributed by atoms with E-state index < -0.39 is 0 Å². The van der Waals surface area contributed by atoms with Crippen LogP contribution in [0.1, 0.15) is 23.0 Å². The van der Waals surface area contributed by atoms with Gasteiger partial charge in [-0.25, -0.2) is 9.97 Å². The molecule has 0 atom stereocenters. The second-order valence-corrected chi connectivity index (χ2v) is 2.98. The Labute approximate surface area is 75.0 Å². The second-order valence-electron chi connectivity index (χ2n) is 2.98. The first-order valence-electron chi connectivity index (χ1n) is 4.00. The summed E-state index contributed by atoms with van der Waals surface area (Å²) in [7, 11) is 0. The minimum Gasteiger partial charge on any atom is -0.343 e. The SMILES string of the molecule is CC(=O)c1cc(C)c2[nH]cnc2n1. The number of nitrogens with zero attached hydrogens (tertiary/aromatic N) is 2. The van der Waals surface area contributed by atoms with E-state index in [0.717, 1.165) is 11.1 Å². The summed E-state index contributed by atoms with van der Waals surface area (Å²) in [6, 6.07) is 1.77. The van der Waals surface area contributed by atoms with Gasteiger partial charge in [0.2, 0.25) is 0 Å². The van der Waals surface area contributed by atoms with E-state index in [0.29, 0.717) is 11.3 Å². The molecule has 0 aliphatic carbocycles. The van der Waals surface area contributed by atoms with Crippen molar-refractivity contribution in [2.75, 3.05) is 0 Å². The number of H-pyrrole nitrogens is 1. The topological polar surface area (TPSA) is 58.6 Å². The molecule has 0 aliphatic rings. The highest BCUT2D eigenvalue weighted by Gasteiger charge is 2.07. The number of hydrogen-bond donors (Lipinski definition) is 1. The third-order valence-corrected chi connectivity index (χ3v) is 1.95. The lowest BCUT2D eigenvalue weighted by Gasteiger charge is -1.97. The van der Waals surface area contributed by atoms with Crippen LogP contribution in [-0.4, -0.2) is 20.7 Å². The monoisotopic (exact) mass is 175 g/mol. The summed E-state index contributed by atoms with van der Waals surface area (Å²) in [5, 5.41) is 0. The van der Waals surface area contributed by atoms with Gasteiger partial charge in [-0.05, 0) is 18.6 Å². The number of pyridine rings is 1. The predicted octanol–water partition coefficient (Wildman–Crippen LogP) is 1.47. The zero-order valence-electron chi connectivity index (χ0n) is 7.46. The average molecular weight is 175 g/mol. The van der Waals surface area contributed by atoms with E-state index in [-0.39, 0.29) is 5.78 Å². The Balaban J connectivity index is 2.77. The molecule has 0 aliphatic heterocycles. The van der Waals surface area contributed by atoms with Crippen LogP contribution in [0.4, 0.5) is 0 Å². The van der Waals surface area contributed by atoms with Gasteiger partial charge in [-0.15, -0.1) is 0 Å². The summed E-state index contributed by atoms with van der Waals surface area (Å²) in [6.07, 6.45) is 1.58. The first-order chi connectivity index (χ1) is 6.18. The largest absolute Gasteiger partial charge is 0.343 e. The van der Waals surface area contributed by atoms with Crippen LogP contribution in [0.15, 0.2) is 12.4 Å². The number of Topliss-reactive ketones (excluding diaryl/α,β-unsaturated/α-hetero) is 1. The maximum Gasteiger partial charge on any atom is 0.178 e. The molecule has 0 radical (unpaired) electrons. The highest BCUT2D eigenvalue weighted by molar-refractivity contribution is 5.94. The van der Waals surface area contributed by atoms with Gasteiger partial charge in [0.15, 0.2) is 11.4 Å². The number of nitrogens with one attached hydrogen (secondary N) is 1. The van der Waals surface area contributed by atoms with E-state index in [1.807, 2.05) is 6.92 Å². The Morgan fingerprint density at radius 2 is 2.31 bits per heavy atom. The number of imidazole rings is 1. The summed E-state index contributed by atoms with van der Waals surface area (Å²) < 4.78 is 0. The number of carbonyl (C=O) groups excluding carboxylic acids is 1. The zero-order chi connectivity index (χ0) is 9.42. The molecule has 4 heteroatoms. The van der Waals surface area contributed by atoms with Gasteiger partial charge in [0.25, 0.3) is 0 Å². The number of ketones is 1. The van der Waals surface area contributed by atoms with Gasteiger partial charge in [0.05, 0.1) is 11.8 Å². The third kappa shape index (κ3) is 1.20. The maximum absolute atomic E-state index is 11.1. The van der Waals surface area contributed by atoms with E-state index in [1.165, 1.54) is 6.92 Å². The molecular formula is C9H9N3O. The fraction of sp³-hybridized carbons (Fsp3) is 0.222. The van der Waals surface area contributed by atoms with E-state index in [2.05, 4.69) is 15.0 Å². The Morgan fingerprint density at radius 1 is 1.54 bits per heavy atom. The third-order valence-electron chi connectivity index (χ3n) is 1.95. The normalized spacial score (nSPS) is 10.6. The number of aromatic nitrogens is 3. The molecule has 0 spiro atoms. The first-order valence-corrected chi connectivity index (χ1v) is 4.00. The van der Waals surface area contributed by atoms with Crippen LogP contribution in [0.5, 0.6) is 0 Å². The molecule has 0 unspecified atom stereocenters. The minimum atomic E-state index is -0.0343. The highest BCUT2D eigenvalue weighted by atomic mass is 16.1. The summed E-state index contributed by atoms with van der Waals surface area (Å²) >= 11 is 0. The van der Waals surface area contributed by atoms with Crippen LogP contribution >= 0.6 is 0 Å². The molecule has 4 nitrogen and oxygen atoms in total. The van der Waals surface area contributed by atoms with Gasteiger partial charge < -0.3 is 4.98 Å². The molecule has 66 valence electrons. The predicted molar refractivity (Wildman–Crippen MR) is 48.6 cm³/mol. The molecule has 0 fully saturated rings. The van der Waals surface area contributed by atoms with E-state index in [1.54, 1.807) is 12.4 Å². The number of carbonyl (C=O) groups is 1. The van der Waals surface area contributed by atoms with Crippen molar-refractivity contribution in [3.63, 3.8) is 0 Å². The Hall–Kier alpha value is -1.71. The van der Waals surface area contributed by atoms with Crippen LogP contribution in [0.3, 0.4) is 0 Å². The lowest BCUT2D eigenvalue weighted by atomic mass is 10.2. The number of fused-ring (bicyclic) bond motifs is 1. The van der Waals surface area contributed by atoms with E-state index in [9.17, 15) is 4.79 Å². The molecule has 2 aromatic rings. The van der Waals surface area contributed by atoms with Crippen molar-refractivity contribution in [3.8, 4) is 0 Å². The number of rotatable bonds is 1. The van der Waals surface area contributed by atoms with Gasteiger partial charge in [0, 0.05) is 6.92 Å². The van der Waals surface area contributed by atoms with Crippen LogP contribution in [0.2, 0.25) is 0 Å². The number of aromatic amines is 1. The molecule has 2 aromatic heterocycles. The smallest absolute Gasteiger partial charge is 0.178 e. The van der Waals surface area contributed by atoms with Gasteiger partial charge in [-0.3, -0.25) is 4.79 Å². The van der Waals surface area contributed by atoms with E-state index in [4.69, 9.17) is 0 Å². The van der Waals surface area contributed by atoms with Crippen molar-refractivity contribution in [2.45, 2.75) is 13.8 Å². The molecule has 2 rings (SSSR count). The summed E-state index contributed by atoms with van der Waals surface area (Å²) in [4.78, 5) is 22.1. The Morgan fingerprint density at radius 3 is 3.00 bits per heavy atom. The van der Waals surface area contributed by atoms with Crippen molar-refractivity contribution >= 4 is 16.9 Å². The molecule has 0 aromatic carbocycles. The lowest BCUT2D eigenvalue weighted by molar-refractivity contribution is 0.101. The van der Waals surface area contributed by atoms with E-state index >= 15 is 0 Å². The summed E-state index contributed by atoms with van der Waals surface area (Å²) in [5.41, 5.74) is 2.96. The maximum atomic E-state index is 11.1. The molecule has 0 amide bonds. The molecule has 13 heavy (non-hydrogen) atoms. The van der Waals surface area contributed by atoms with Crippen molar-refractivity contribution in [3.05, 3.63) is 23.7 Å².